The lowest BCUT2D eigenvalue weighted by Crippen LogP contribution is -2.18. The summed E-state index contributed by atoms with van der Waals surface area (Å²) in [7, 11) is 1.71. The SMILES string of the molecule is COCCNCc1cnn(-c2cccc(Br)c2)c1C. The molecule has 19 heavy (non-hydrogen) atoms. The van der Waals surface area contributed by atoms with E-state index in [0.29, 0.717) is 0 Å². The molecule has 0 spiro atoms. The number of halogens is 1. The lowest BCUT2D eigenvalue weighted by molar-refractivity contribution is 0.199. The van der Waals surface area contributed by atoms with Crippen LogP contribution in [-0.2, 0) is 11.3 Å². The first-order valence-corrected chi connectivity index (χ1v) is 7.01. The highest BCUT2D eigenvalue weighted by Crippen LogP contribution is 2.18. The fraction of sp³-hybridized carbons (Fsp3) is 0.357. The molecule has 1 aromatic carbocycles. The largest absolute Gasteiger partial charge is 0.383 e. The molecule has 0 saturated heterocycles. The van der Waals surface area contributed by atoms with E-state index in [9.17, 15) is 0 Å². The van der Waals surface area contributed by atoms with Gasteiger partial charge in [0.2, 0.25) is 0 Å². The van der Waals surface area contributed by atoms with E-state index in [1.165, 1.54) is 5.56 Å². The van der Waals surface area contributed by atoms with Gasteiger partial charge in [-0.25, -0.2) is 4.68 Å². The zero-order chi connectivity index (χ0) is 13.7. The molecule has 102 valence electrons. The average molecular weight is 324 g/mol. The van der Waals surface area contributed by atoms with Gasteiger partial charge >= 0.3 is 0 Å². The van der Waals surface area contributed by atoms with Crippen molar-refractivity contribution in [1.82, 2.24) is 15.1 Å². The van der Waals surface area contributed by atoms with E-state index in [-0.39, 0.29) is 0 Å². The Morgan fingerprint density at radius 2 is 2.26 bits per heavy atom. The Kier molecular flexibility index (Phi) is 5.13. The first-order chi connectivity index (χ1) is 9.22. The monoisotopic (exact) mass is 323 g/mol. The maximum Gasteiger partial charge on any atom is 0.0660 e. The van der Waals surface area contributed by atoms with Gasteiger partial charge in [-0.15, -0.1) is 0 Å². The fourth-order valence-corrected chi connectivity index (χ4v) is 2.27. The standard InChI is InChI=1S/C14H18BrN3O/c1-11-12(9-16-6-7-19-2)10-17-18(11)14-5-3-4-13(15)8-14/h3-5,8,10,16H,6-7,9H2,1-2H3. The number of rotatable bonds is 6. The third-order valence-electron chi connectivity index (χ3n) is 2.96. The highest BCUT2D eigenvalue weighted by molar-refractivity contribution is 9.10. The van der Waals surface area contributed by atoms with Gasteiger partial charge in [0, 0.05) is 35.9 Å². The van der Waals surface area contributed by atoms with E-state index in [1.807, 2.05) is 29.1 Å². The van der Waals surface area contributed by atoms with Crippen molar-refractivity contribution >= 4 is 15.9 Å². The second kappa shape index (κ2) is 6.84. The van der Waals surface area contributed by atoms with E-state index < -0.39 is 0 Å². The topological polar surface area (TPSA) is 39.1 Å². The summed E-state index contributed by atoms with van der Waals surface area (Å²) in [5.74, 6) is 0. The number of hydrogen-bond acceptors (Lipinski definition) is 3. The molecule has 1 aromatic heterocycles. The Morgan fingerprint density at radius 1 is 1.42 bits per heavy atom. The predicted molar refractivity (Wildman–Crippen MR) is 79.6 cm³/mol. The molecule has 4 nitrogen and oxygen atoms in total. The van der Waals surface area contributed by atoms with Crippen LogP contribution in [0.1, 0.15) is 11.3 Å². The van der Waals surface area contributed by atoms with Gasteiger partial charge in [-0.2, -0.15) is 5.10 Å². The molecule has 1 N–H and O–H groups in total. The summed E-state index contributed by atoms with van der Waals surface area (Å²) >= 11 is 3.48. The first kappa shape index (κ1) is 14.2. The summed E-state index contributed by atoms with van der Waals surface area (Å²) in [6.45, 7) is 4.46. The smallest absolute Gasteiger partial charge is 0.0660 e. The van der Waals surface area contributed by atoms with Crippen molar-refractivity contribution in [2.75, 3.05) is 20.3 Å². The fourth-order valence-electron chi connectivity index (χ4n) is 1.88. The van der Waals surface area contributed by atoms with Crippen LogP contribution in [0.4, 0.5) is 0 Å². The van der Waals surface area contributed by atoms with Gasteiger partial charge < -0.3 is 10.1 Å². The minimum absolute atomic E-state index is 0.721. The molecule has 0 aliphatic heterocycles. The Labute approximate surface area is 121 Å². The number of ether oxygens (including phenoxy) is 1. The van der Waals surface area contributed by atoms with Crippen molar-refractivity contribution in [3.8, 4) is 5.69 Å². The maximum absolute atomic E-state index is 5.01. The molecule has 0 radical (unpaired) electrons. The van der Waals surface area contributed by atoms with Crippen LogP contribution in [0.25, 0.3) is 5.69 Å². The molecular weight excluding hydrogens is 306 g/mol. The molecule has 5 heteroatoms. The van der Waals surface area contributed by atoms with E-state index in [2.05, 4.69) is 39.3 Å². The van der Waals surface area contributed by atoms with E-state index in [4.69, 9.17) is 4.74 Å². The molecule has 0 unspecified atom stereocenters. The molecule has 2 rings (SSSR count). The number of hydrogen-bond donors (Lipinski definition) is 1. The van der Waals surface area contributed by atoms with Gasteiger partial charge in [0.05, 0.1) is 18.5 Å². The van der Waals surface area contributed by atoms with Gasteiger partial charge in [0.15, 0.2) is 0 Å². The molecule has 0 fully saturated rings. The Morgan fingerprint density at radius 3 is 3.00 bits per heavy atom. The van der Waals surface area contributed by atoms with Crippen molar-refractivity contribution in [2.45, 2.75) is 13.5 Å². The van der Waals surface area contributed by atoms with Gasteiger partial charge in [-0.3, -0.25) is 0 Å². The second-order valence-corrected chi connectivity index (χ2v) is 5.23. The molecule has 0 aliphatic rings. The first-order valence-electron chi connectivity index (χ1n) is 6.21. The average Bonchev–Trinajstić information content (AvgIpc) is 2.76. The molecular formula is C14H18BrN3O. The van der Waals surface area contributed by atoms with Crippen LogP contribution in [0.5, 0.6) is 0 Å². The van der Waals surface area contributed by atoms with Crippen LogP contribution in [-0.4, -0.2) is 30.0 Å². The highest BCUT2D eigenvalue weighted by atomic mass is 79.9. The summed E-state index contributed by atoms with van der Waals surface area (Å²) in [5.41, 5.74) is 3.43. The molecule has 1 heterocycles. The summed E-state index contributed by atoms with van der Waals surface area (Å²) in [6.07, 6.45) is 1.91. The Bertz CT molecular complexity index is 539. The zero-order valence-corrected chi connectivity index (χ0v) is 12.8. The summed E-state index contributed by atoms with van der Waals surface area (Å²) in [5, 5.41) is 7.78. The number of methoxy groups -OCH3 is 1. The summed E-state index contributed by atoms with van der Waals surface area (Å²) in [4.78, 5) is 0. The molecule has 0 bridgehead atoms. The highest BCUT2D eigenvalue weighted by Gasteiger charge is 2.07. The van der Waals surface area contributed by atoms with Crippen molar-refractivity contribution in [1.29, 1.82) is 0 Å². The van der Waals surface area contributed by atoms with Crippen LogP contribution >= 0.6 is 15.9 Å². The van der Waals surface area contributed by atoms with Gasteiger partial charge in [0.1, 0.15) is 0 Å². The predicted octanol–water partition coefficient (Wildman–Crippen LogP) is 2.68. The minimum atomic E-state index is 0.721. The molecule has 0 amide bonds. The molecule has 0 aliphatic carbocycles. The van der Waals surface area contributed by atoms with Gasteiger partial charge in [-0.1, -0.05) is 22.0 Å². The number of nitrogens with one attached hydrogen (secondary N) is 1. The lowest BCUT2D eigenvalue weighted by atomic mass is 10.2. The third-order valence-corrected chi connectivity index (χ3v) is 3.46. The van der Waals surface area contributed by atoms with Crippen molar-refractivity contribution in [2.24, 2.45) is 0 Å². The van der Waals surface area contributed by atoms with Crippen LogP contribution in [0.3, 0.4) is 0 Å². The maximum atomic E-state index is 5.01. The molecule has 0 atom stereocenters. The summed E-state index contributed by atoms with van der Waals surface area (Å²) in [6, 6.07) is 8.13. The normalized spacial score (nSPS) is 10.9. The van der Waals surface area contributed by atoms with Gasteiger partial charge in [0.25, 0.3) is 0 Å². The molecule has 0 saturated carbocycles. The van der Waals surface area contributed by atoms with Crippen LogP contribution in [0, 0.1) is 6.92 Å². The zero-order valence-electron chi connectivity index (χ0n) is 11.2. The second-order valence-electron chi connectivity index (χ2n) is 4.32. The van der Waals surface area contributed by atoms with E-state index >= 15 is 0 Å². The van der Waals surface area contributed by atoms with Crippen molar-refractivity contribution < 1.29 is 4.74 Å². The Balaban J connectivity index is 2.10. The third kappa shape index (κ3) is 3.65. The van der Waals surface area contributed by atoms with Crippen LogP contribution in [0.15, 0.2) is 34.9 Å². The quantitative estimate of drug-likeness (QED) is 0.831. The number of aromatic nitrogens is 2. The van der Waals surface area contributed by atoms with Crippen LogP contribution in [0.2, 0.25) is 0 Å². The number of benzene rings is 1. The molecule has 2 aromatic rings. The minimum Gasteiger partial charge on any atom is -0.383 e. The lowest BCUT2D eigenvalue weighted by Gasteiger charge is -2.07. The number of nitrogens with zero attached hydrogens (tertiary/aromatic N) is 2. The van der Waals surface area contributed by atoms with Gasteiger partial charge in [-0.05, 0) is 25.1 Å². The van der Waals surface area contributed by atoms with Crippen LogP contribution < -0.4 is 5.32 Å². The van der Waals surface area contributed by atoms with E-state index in [1.54, 1.807) is 7.11 Å². The Hall–Kier alpha value is -1.17. The van der Waals surface area contributed by atoms with Crippen molar-refractivity contribution in [3.63, 3.8) is 0 Å². The van der Waals surface area contributed by atoms with Crippen molar-refractivity contribution in [3.05, 3.63) is 46.2 Å². The summed E-state index contributed by atoms with van der Waals surface area (Å²) < 4.78 is 8.02. The van der Waals surface area contributed by atoms with E-state index in [0.717, 1.165) is 35.6 Å².